The van der Waals surface area contributed by atoms with Gasteiger partial charge in [0.1, 0.15) is 0 Å². The lowest BCUT2D eigenvalue weighted by atomic mass is 10.2. The molecule has 3 rings (SSSR count). The maximum Gasteiger partial charge on any atom is 0.437 e. The number of oxime groups is 1. The molecule has 26 heavy (non-hydrogen) atoms. The smallest absolute Gasteiger partial charge is 0.297 e. The largest absolute Gasteiger partial charge is 0.437 e. The van der Waals surface area contributed by atoms with Crippen LogP contribution in [0.4, 0.5) is 16.2 Å². The van der Waals surface area contributed by atoms with Gasteiger partial charge < -0.3 is 0 Å². The monoisotopic (exact) mass is 390 g/mol. The Morgan fingerprint density at radius 2 is 1.88 bits per heavy atom. The lowest BCUT2D eigenvalue weighted by Gasteiger charge is -2.10. The van der Waals surface area contributed by atoms with Crippen LogP contribution in [-0.2, 0) is 9.63 Å². The van der Waals surface area contributed by atoms with Crippen LogP contribution in [0.5, 0.6) is 0 Å². The molecule has 0 atom stereocenters. The summed E-state index contributed by atoms with van der Waals surface area (Å²) in [7, 11) is 0. The van der Waals surface area contributed by atoms with Crippen molar-refractivity contribution in [3.8, 4) is 0 Å². The number of hydrazone groups is 1. The van der Waals surface area contributed by atoms with Gasteiger partial charge in [-0.2, -0.15) is 10.1 Å². The van der Waals surface area contributed by atoms with Crippen molar-refractivity contribution in [1.82, 2.24) is 0 Å². The average Bonchev–Trinajstić information content (AvgIpc) is 2.91. The first-order chi connectivity index (χ1) is 12.5. The highest BCUT2D eigenvalue weighted by atomic mass is 35.5. The summed E-state index contributed by atoms with van der Waals surface area (Å²) in [5.41, 5.74) is 1.24. The van der Waals surface area contributed by atoms with Crippen LogP contribution in [0.25, 0.3) is 0 Å². The molecule has 0 saturated carbocycles. The molecular formula is C17H12Cl2N4O3. The number of nitrogens with one attached hydrogen (secondary N) is 1. The van der Waals surface area contributed by atoms with Crippen LogP contribution in [0.3, 0.4) is 0 Å². The summed E-state index contributed by atoms with van der Waals surface area (Å²) in [5.74, 6) is -0.490. The summed E-state index contributed by atoms with van der Waals surface area (Å²) >= 11 is 11.7. The number of benzene rings is 2. The van der Waals surface area contributed by atoms with Crippen molar-refractivity contribution in [3.05, 3.63) is 58.6 Å². The average molecular weight is 391 g/mol. The summed E-state index contributed by atoms with van der Waals surface area (Å²) < 4.78 is 0. The molecule has 9 heteroatoms. The molecule has 2 aromatic carbocycles. The molecule has 132 valence electrons. The quantitative estimate of drug-likeness (QED) is 0.625. The molecule has 0 unspecified atom stereocenters. The van der Waals surface area contributed by atoms with Crippen molar-refractivity contribution in [2.24, 2.45) is 10.3 Å². The van der Waals surface area contributed by atoms with Crippen molar-refractivity contribution < 1.29 is 14.4 Å². The van der Waals surface area contributed by atoms with E-state index in [2.05, 4.69) is 15.6 Å². The van der Waals surface area contributed by atoms with Crippen LogP contribution in [0.2, 0.25) is 10.0 Å². The molecule has 0 fully saturated rings. The first kappa shape index (κ1) is 17.9. The summed E-state index contributed by atoms with van der Waals surface area (Å²) in [6.07, 6.45) is -0.880. The van der Waals surface area contributed by atoms with Crippen LogP contribution in [0, 0.1) is 0 Å². The first-order valence-corrected chi connectivity index (χ1v) is 8.17. The third-order valence-corrected chi connectivity index (χ3v) is 4.11. The predicted octanol–water partition coefficient (Wildman–Crippen LogP) is 4.32. The van der Waals surface area contributed by atoms with Crippen LogP contribution in [-0.4, -0.2) is 23.4 Å². The minimum absolute atomic E-state index is 0.0573. The van der Waals surface area contributed by atoms with Gasteiger partial charge in [-0.15, -0.1) is 0 Å². The maximum absolute atomic E-state index is 12.4. The van der Waals surface area contributed by atoms with Gasteiger partial charge in [-0.25, -0.2) is 4.79 Å². The SMILES string of the molecule is CC1=NN(c2ccccc2)C(=O)/C1=N\OC(=O)Nc1ccc(Cl)c(Cl)c1. The Kier molecular flexibility index (Phi) is 5.20. The van der Waals surface area contributed by atoms with Crippen molar-refractivity contribution >= 4 is 58.0 Å². The van der Waals surface area contributed by atoms with E-state index in [0.29, 0.717) is 22.1 Å². The molecule has 1 N–H and O–H groups in total. The number of amides is 2. The molecule has 2 amide bonds. The molecule has 7 nitrogen and oxygen atoms in total. The van der Waals surface area contributed by atoms with Crippen molar-refractivity contribution in [1.29, 1.82) is 0 Å². The molecule has 2 aromatic rings. The van der Waals surface area contributed by atoms with Gasteiger partial charge in [0.05, 0.1) is 21.4 Å². The van der Waals surface area contributed by atoms with E-state index in [1.807, 2.05) is 6.07 Å². The van der Waals surface area contributed by atoms with E-state index < -0.39 is 12.0 Å². The number of para-hydroxylation sites is 1. The number of hydrogen-bond donors (Lipinski definition) is 1. The van der Waals surface area contributed by atoms with E-state index >= 15 is 0 Å². The molecule has 0 spiro atoms. The molecule has 0 bridgehead atoms. The minimum atomic E-state index is -0.880. The van der Waals surface area contributed by atoms with E-state index in [1.165, 1.54) is 17.1 Å². The molecule has 0 aromatic heterocycles. The number of hydrogen-bond acceptors (Lipinski definition) is 5. The second-order valence-corrected chi connectivity index (χ2v) is 6.02. The van der Waals surface area contributed by atoms with E-state index in [-0.39, 0.29) is 10.7 Å². The van der Waals surface area contributed by atoms with Crippen molar-refractivity contribution in [2.45, 2.75) is 6.92 Å². The van der Waals surface area contributed by atoms with E-state index in [9.17, 15) is 9.59 Å². The zero-order valence-corrected chi connectivity index (χ0v) is 15.0. The molecular weight excluding hydrogens is 379 g/mol. The normalized spacial score (nSPS) is 15.2. The summed E-state index contributed by atoms with van der Waals surface area (Å²) in [6, 6.07) is 13.4. The van der Waals surface area contributed by atoms with E-state index in [0.717, 1.165) is 0 Å². The van der Waals surface area contributed by atoms with Gasteiger partial charge >= 0.3 is 12.0 Å². The van der Waals surface area contributed by atoms with Gasteiger partial charge in [0.2, 0.25) is 0 Å². The zero-order valence-electron chi connectivity index (χ0n) is 13.4. The lowest BCUT2D eigenvalue weighted by molar-refractivity contribution is -0.112. The Bertz CT molecular complexity index is 929. The number of carbonyl (C=O) groups excluding carboxylic acids is 2. The Morgan fingerprint density at radius 3 is 2.58 bits per heavy atom. The standard InChI is InChI=1S/C17H12Cl2N4O3/c1-10-15(16(24)23(21-10)12-5-3-2-4-6-12)22-26-17(25)20-11-7-8-13(18)14(19)9-11/h2-9H,1H3,(H,20,25)/b22-15-. The fourth-order valence-corrected chi connectivity index (χ4v) is 2.45. The van der Waals surface area contributed by atoms with Gasteiger partial charge in [0, 0.05) is 5.69 Å². The Balaban J connectivity index is 1.68. The summed E-state index contributed by atoms with van der Waals surface area (Å²) in [5, 5.41) is 12.0. The Labute approximate surface area is 158 Å². The van der Waals surface area contributed by atoms with Crippen LogP contribution in [0.15, 0.2) is 58.8 Å². The van der Waals surface area contributed by atoms with Gasteiger partial charge in [-0.05, 0) is 37.3 Å². The summed E-state index contributed by atoms with van der Waals surface area (Å²) in [4.78, 5) is 29.0. The zero-order chi connectivity index (χ0) is 18.7. The predicted molar refractivity (Wildman–Crippen MR) is 101 cm³/mol. The summed E-state index contributed by atoms with van der Waals surface area (Å²) in [6.45, 7) is 1.60. The van der Waals surface area contributed by atoms with Crippen molar-refractivity contribution in [3.63, 3.8) is 0 Å². The lowest BCUT2D eigenvalue weighted by Crippen LogP contribution is -2.27. The number of halogens is 2. The van der Waals surface area contributed by atoms with Gasteiger partial charge in [-0.1, -0.05) is 46.6 Å². The van der Waals surface area contributed by atoms with Crippen LogP contribution in [0.1, 0.15) is 6.92 Å². The highest BCUT2D eigenvalue weighted by Gasteiger charge is 2.31. The van der Waals surface area contributed by atoms with Crippen molar-refractivity contribution in [2.75, 3.05) is 10.3 Å². The second kappa shape index (κ2) is 7.55. The third kappa shape index (κ3) is 3.84. The van der Waals surface area contributed by atoms with Crippen LogP contribution >= 0.6 is 23.2 Å². The number of rotatable bonds is 3. The van der Waals surface area contributed by atoms with E-state index in [4.69, 9.17) is 28.0 Å². The van der Waals surface area contributed by atoms with Gasteiger partial charge in [-0.3, -0.25) is 14.9 Å². The number of anilines is 2. The Hall–Kier alpha value is -2.90. The fourth-order valence-electron chi connectivity index (χ4n) is 2.15. The van der Waals surface area contributed by atoms with Gasteiger partial charge in [0.15, 0.2) is 5.71 Å². The molecule has 1 aliphatic rings. The van der Waals surface area contributed by atoms with Gasteiger partial charge in [0.25, 0.3) is 0 Å². The molecule has 1 aliphatic heterocycles. The topological polar surface area (TPSA) is 83.4 Å². The Morgan fingerprint density at radius 1 is 1.15 bits per heavy atom. The maximum atomic E-state index is 12.4. The molecule has 1 heterocycles. The van der Waals surface area contributed by atoms with E-state index in [1.54, 1.807) is 37.3 Å². The highest BCUT2D eigenvalue weighted by Crippen LogP contribution is 2.25. The first-order valence-electron chi connectivity index (χ1n) is 7.42. The second-order valence-electron chi connectivity index (χ2n) is 5.21. The van der Waals surface area contributed by atoms with Crippen LogP contribution < -0.4 is 10.3 Å². The molecule has 0 radical (unpaired) electrons. The fraction of sp³-hybridized carbons (Fsp3) is 0.0588. The third-order valence-electron chi connectivity index (χ3n) is 3.37. The number of carbonyl (C=O) groups is 2. The number of nitrogens with zero attached hydrogens (tertiary/aromatic N) is 3. The molecule has 0 aliphatic carbocycles. The highest BCUT2D eigenvalue weighted by molar-refractivity contribution is 6.71. The minimum Gasteiger partial charge on any atom is -0.297 e. The molecule has 0 saturated heterocycles.